The van der Waals surface area contributed by atoms with E-state index in [0.29, 0.717) is 21.8 Å². The molecule has 6 heteroatoms. The Morgan fingerprint density at radius 3 is 2.84 bits per heavy atom. The molecule has 1 fully saturated rings. The summed E-state index contributed by atoms with van der Waals surface area (Å²) < 4.78 is 5.58. The van der Waals surface area contributed by atoms with Crippen molar-refractivity contribution in [3.63, 3.8) is 0 Å². The second kappa shape index (κ2) is 5.09. The van der Waals surface area contributed by atoms with Gasteiger partial charge in [0.25, 0.3) is 0 Å². The summed E-state index contributed by atoms with van der Waals surface area (Å²) in [6, 6.07) is 0.224. The largest absolute Gasteiger partial charge is 0.368 e. The molecular weight excluding hydrogens is 287 g/mol. The van der Waals surface area contributed by atoms with E-state index in [4.69, 9.17) is 32.9 Å². The molecule has 3 unspecified atom stereocenters. The number of aliphatic imine (C=N–C) groups is 1. The molecule has 2 heterocycles. The van der Waals surface area contributed by atoms with Crippen LogP contribution in [-0.2, 0) is 4.74 Å². The lowest BCUT2D eigenvalue weighted by molar-refractivity contribution is -0.157. The molecule has 3 atom stereocenters. The van der Waals surface area contributed by atoms with Crippen LogP contribution in [0, 0.1) is 5.92 Å². The van der Waals surface area contributed by atoms with Crippen LogP contribution in [0.5, 0.6) is 0 Å². The van der Waals surface area contributed by atoms with Gasteiger partial charge in [0.05, 0.1) is 16.1 Å². The van der Waals surface area contributed by atoms with E-state index in [-0.39, 0.29) is 12.3 Å². The summed E-state index contributed by atoms with van der Waals surface area (Å²) in [5.74, 6) is 1.32. The van der Waals surface area contributed by atoms with Gasteiger partial charge in [-0.15, -0.1) is 0 Å². The lowest BCUT2D eigenvalue weighted by Gasteiger charge is -2.39. The van der Waals surface area contributed by atoms with Crippen molar-refractivity contribution < 1.29 is 9.84 Å². The lowest BCUT2D eigenvalue weighted by atomic mass is 10.0. The van der Waals surface area contributed by atoms with Gasteiger partial charge < -0.3 is 14.7 Å². The zero-order valence-electron chi connectivity index (χ0n) is 10.6. The van der Waals surface area contributed by atoms with Crippen molar-refractivity contribution in [1.29, 1.82) is 0 Å². The summed E-state index contributed by atoms with van der Waals surface area (Å²) in [6.07, 6.45) is 5.51. The second-order valence-corrected chi connectivity index (χ2v) is 6.04. The Labute approximate surface area is 122 Å². The van der Waals surface area contributed by atoms with Crippen molar-refractivity contribution in [3.8, 4) is 0 Å². The molecule has 0 aromatic carbocycles. The van der Waals surface area contributed by atoms with Crippen molar-refractivity contribution >= 4 is 29.0 Å². The molecule has 1 aliphatic carbocycles. The van der Waals surface area contributed by atoms with Gasteiger partial charge in [-0.3, -0.25) is 4.99 Å². The molecule has 2 aliphatic heterocycles. The van der Waals surface area contributed by atoms with E-state index < -0.39 is 6.29 Å². The van der Waals surface area contributed by atoms with Gasteiger partial charge in [-0.25, -0.2) is 0 Å². The van der Waals surface area contributed by atoms with Crippen LogP contribution in [0.25, 0.3) is 0 Å². The van der Waals surface area contributed by atoms with E-state index in [0.717, 1.165) is 6.42 Å². The minimum Gasteiger partial charge on any atom is -0.368 e. The summed E-state index contributed by atoms with van der Waals surface area (Å²) in [5.41, 5.74) is 0. The number of amidine groups is 1. The SMILES string of the molecule is CC(O)OC1CC(C2CC2)N=C2C(Cl)=CC(Cl)=CN21. The first-order valence-electron chi connectivity index (χ1n) is 6.49. The Kier molecular flexibility index (Phi) is 3.60. The van der Waals surface area contributed by atoms with Crippen LogP contribution >= 0.6 is 23.2 Å². The Hall–Kier alpha value is -0.550. The zero-order valence-corrected chi connectivity index (χ0v) is 12.1. The topological polar surface area (TPSA) is 45.1 Å². The van der Waals surface area contributed by atoms with E-state index in [2.05, 4.69) is 0 Å². The molecule has 0 aromatic heterocycles. The van der Waals surface area contributed by atoms with E-state index in [1.807, 2.05) is 4.90 Å². The molecule has 0 spiro atoms. The minimum absolute atomic E-state index is 0.224. The minimum atomic E-state index is -0.832. The normalized spacial score (nSPS) is 32.2. The van der Waals surface area contributed by atoms with E-state index in [1.165, 1.54) is 12.8 Å². The Morgan fingerprint density at radius 1 is 1.47 bits per heavy atom. The molecule has 104 valence electrons. The average Bonchev–Trinajstić information content (AvgIpc) is 3.13. The highest BCUT2D eigenvalue weighted by atomic mass is 35.5. The van der Waals surface area contributed by atoms with E-state index in [9.17, 15) is 5.11 Å². The number of hydrogen-bond acceptors (Lipinski definition) is 4. The van der Waals surface area contributed by atoms with E-state index in [1.54, 1.807) is 19.2 Å². The van der Waals surface area contributed by atoms with Crippen LogP contribution in [0.2, 0.25) is 0 Å². The van der Waals surface area contributed by atoms with Crippen molar-refractivity contribution in [3.05, 3.63) is 22.3 Å². The van der Waals surface area contributed by atoms with Crippen molar-refractivity contribution in [2.45, 2.75) is 44.7 Å². The number of allylic oxidation sites excluding steroid dienone is 2. The molecule has 0 aromatic rings. The Balaban J connectivity index is 1.90. The number of halogens is 2. The van der Waals surface area contributed by atoms with Crippen molar-refractivity contribution in [2.75, 3.05) is 0 Å². The number of aliphatic hydroxyl groups is 1. The molecule has 1 saturated carbocycles. The summed E-state index contributed by atoms with van der Waals surface area (Å²) >= 11 is 12.3. The van der Waals surface area contributed by atoms with Crippen LogP contribution in [0.3, 0.4) is 0 Å². The third-order valence-corrected chi connectivity index (χ3v) is 4.03. The summed E-state index contributed by atoms with van der Waals surface area (Å²) in [4.78, 5) is 6.53. The highest BCUT2D eigenvalue weighted by molar-refractivity contribution is 6.45. The number of ether oxygens (including phenoxy) is 1. The maximum Gasteiger partial charge on any atom is 0.154 e. The summed E-state index contributed by atoms with van der Waals surface area (Å²) in [5, 5.41) is 10.5. The van der Waals surface area contributed by atoms with Gasteiger partial charge in [-0.05, 0) is 31.8 Å². The van der Waals surface area contributed by atoms with Crippen LogP contribution in [0.1, 0.15) is 26.2 Å². The van der Waals surface area contributed by atoms with Gasteiger partial charge in [0, 0.05) is 12.6 Å². The number of aliphatic hydroxyl groups excluding tert-OH is 1. The van der Waals surface area contributed by atoms with Gasteiger partial charge in [0.1, 0.15) is 12.1 Å². The van der Waals surface area contributed by atoms with Crippen molar-refractivity contribution in [1.82, 2.24) is 4.90 Å². The molecule has 3 rings (SSSR count). The number of fused-ring (bicyclic) bond motifs is 1. The first kappa shape index (κ1) is 13.4. The fourth-order valence-corrected chi connectivity index (χ4v) is 3.08. The molecule has 4 nitrogen and oxygen atoms in total. The average molecular weight is 303 g/mol. The van der Waals surface area contributed by atoms with Crippen molar-refractivity contribution in [2.24, 2.45) is 10.9 Å². The fraction of sp³-hybridized carbons (Fsp3) is 0.615. The second-order valence-electron chi connectivity index (χ2n) is 5.20. The van der Waals surface area contributed by atoms with Gasteiger partial charge in [0.2, 0.25) is 0 Å². The van der Waals surface area contributed by atoms with Crippen LogP contribution < -0.4 is 0 Å². The number of hydrogen-bond donors (Lipinski definition) is 1. The summed E-state index contributed by atoms with van der Waals surface area (Å²) in [6.45, 7) is 1.60. The smallest absolute Gasteiger partial charge is 0.154 e. The number of nitrogens with zero attached hydrogens (tertiary/aromatic N) is 2. The van der Waals surface area contributed by atoms with Crippen LogP contribution in [0.15, 0.2) is 27.3 Å². The van der Waals surface area contributed by atoms with Gasteiger partial charge >= 0.3 is 0 Å². The monoisotopic (exact) mass is 302 g/mol. The molecule has 19 heavy (non-hydrogen) atoms. The highest BCUT2D eigenvalue weighted by Crippen LogP contribution is 2.40. The van der Waals surface area contributed by atoms with Gasteiger partial charge in [0.15, 0.2) is 6.29 Å². The van der Waals surface area contributed by atoms with Crippen LogP contribution in [0.4, 0.5) is 0 Å². The van der Waals surface area contributed by atoms with Gasteiger partial charge in [-0.2, -0.15) is 0 Å². The van der Waals surface area contributed by atoms with Gasteiger partial charge in [-0.1, -0.05) is 23.2 Å². The molecule has 0 saturated heterocycles. The third kappa shape index (κ3) is 2.82. The Bertz CT molecular complexity index is 469. The Morgan fingerprint density at radius 2 is 2.21 bits per heavy atom. The standard InChI is InChI=1S/C13H16Cl2N2O2/c1-7(18)19-12-5-11(8-2-3-8)16-13-10(15)4-9(14)6-17(12)13/h4,6-8,11-12,18H,2-3,5H2,1H3. The predicted octanol–water partition coefficient (Wildman–Crippen LogP) is 2.77. The maximum atomic E-state index is 9.48. The first-order valence-corrected chi connectivity index (χ1v) is 7.25. The molecule has 0 amide bonds. The predicted molar refractivity (Wildman–Crippen MR) is 74.8 cm³/mol. The van der Waals surface area contributed by atoms with Crippen LogP contribution in [-0.4, -0.2) is 34.4 Å². The third-order valence-electron chi connectivity index (χ3n) is 3.55. The lowest BCUT2D eigenvalue weighted by Crippen LogP contribution is -2.47. The number of rotatable bonds is 3. The highest BCUT2D eigenvalue weighted by Gasteiger charge is 2.40. The summed E-state index contributed by atoms with van der Waals surface area (Å²) in [7, 11) is 0. The quantitative estimate of drug-likeness (QED) is 0.815. The molecule has 3 aliphatic rings. The fourth-order valence-electron chi connectivity index (χ4n) is 2.55. The molecule has 0 radical (unpaired) electrons. The molecule has 1 N–H and O–H groups in total. The van der Waals surface area contributed by atoms with E-state index >= 15 is 0 Å². The molecular formula is C13H16Cl2N2O2. The molecule has 0 bridgehead atoms. The maximum absolute atomic E-state index is 9.48. The zero-order chi connectivity index (χ0) is 13.6. The first-order chi connectivity index (χ1) is 9.04.